The van der Waals surface area contributed by atoms with Crippen molar-refractivity contribution in [1.82, 2.24) is 10.2 Å². The van der Waals surface area contributed by atoms with Gasteiger partial charge < -0.3 is 10.6 Å². The highest BCUT2D eigenvalue weighted by molar-refractivity contribution is 8.02. The lowest BCUT2D eigenvalue weighted by atomic mass is 10.2. The Morgan fingerprint density at radius 2 is 2.11 bits per heavy atom. The van der Waals surface area contributed by atoms with Crippen LogP contribution in [0, 0.1) is 17.1 Å². The Bertz CT molecular complexity index is 1050. The minimum absolute atomic E-state index is 0.246. The fourth-order valence-electron chi connectivity index (χ4n) is 2.12. The van der Waals surface area contributed by atoms with Crippen LogP contribution in [0.25, 0.3) is 0 Å². The first-order valence-electron chi connectivity index (χ1n) is 7.98. The van der Waals surface area contributed by atoms with E-state index in [1.165, 1.54) is 35.2 Å². The molecular weight excluding hydrogens is 421 g/mol. The summed E-state index contributed by atoms with van der Waals surface area (Å²) in [7, 11) is 0. The third kappa shape index (κ3) is 4.98. The summed E-state index contributed by atoms with van der Waals surface area (Å²) in [6.07, 6.45) is 0. The number of aromatic nitrogens is 2. The highest BCUT2D eigenvalue weighted by Gasteiger charge is 2.18. The minimum atomic E-state index is -0.455. The molecule has 28 heavy (non-hydrogen) atoms. The molecule has 3 rings (SSSR count). The second-order valence-corrected chi connectivity index (χ2v) is 8.51. The molecule has 2 N–H and O–H groups in total. The molecule has 2 aromatic carbocycles. The number of nitrogens with zero attached hydrogens (tertiary/aromatic N) is 3. The van der Waals surface area contributed by atoms with Crippen molar-refractivity contribution >= 4 is 57.1 Å². The average molecular weight is 434 g/mol. The SMILES string of the molecule is CC(Sc1nnc(Nc2ccccc2F)s1)C(=O)Nc1ccc(C#N)c(Cl)c1. The normalized spacial score (nSPS) is 11.5. The Morgan fingerprint density at radius 3 is 2.82 bits per heavy atom. The number of hydrogen-bond donors (Lipinski definition) is 2. The zero-order valence-corrected chi connectivity index (χ0v) is 16.8. The summed E-state index contributed by atoms with van der Waals surface area (Å²) < 4.78 is 14.3. The molecule has 1 unspecified atom stereocenters. The Hall–Kier alpha value is -2.67. The molecule has 0 fully saturated rings. The van der Waals surface area contributed by atoms with Crippen LogP contribution in [0.3, 0.4) is 0 Å². The Balaban J connectivity index is 1.60. The summed E-state index contributed by atoms with van der Waals surface area (Å²) in [5.41, 5.74) is 1.14. The molecule has 1 aromatic heterocycles. The van der Waals surface area contributed by atoms with E-state index >= 15 is 0 Å². The first kappa shape index (κ1) is 20.1. The van der Waals surface area contributed by atoms with Crippen LogP contribution in [0.4, 0.5) is 20.9 Å². The van der Waals surface area contributed by atoms with Crippen molar-refractivity contribution in [2.45, 2.75) is 16.5 Å². The van der Waals surface area contributed by atoms with Gasteiger partial charge >= 0.3 is 0 Å². The van der Waals surface area contributed by atoms with Gasteiger partial charge in [0.15, 0.2) is 4.34 Å². The second-order valence-electron chi connectivity index (χ2n) is 5.53. The summed E-state index contributed by atoms with van der Waals surface area (Å²) in [6.45, 7) is 1.73. The molecule has 1 heterocycles. The monoisotopic (exact) mass is 433 g/mol. The van der Waals surface area contributed by atoms with Gasteiger partial charge in [-0.1, -0.05) is 46.8 Å². The van der Waals surface area contributed by atoms with Crippen molar-refractivity contribution in [1.29, 1.82) is 5.26 Å². The Kier molecular flexibility index (Phi) is 6.46. The molecule has 0 aliphatic rings. The predicted octanol–water partition coefficient (Wildman–Crippen LogP) is 5.07. The average Bonchev–Trinajstić information content (AvgIpc) is 3.10. The van der Waals surface area contributed by atoms with E-state index in [2.05, 4.69) is 20.8 Å². The largest absolute Gasteiger partial charge is 0.328 e. The zero-order chi connectivity index (χ0) is 20.1. The molecule has 3 aromatic rings. The van der Waals surface area contributed by atoms with Crippen LogP contribution in [0.2, 0.25) is 5.02 Å². The first-order valence-corrected chi connectivity index (χ1v) is 10.1. The number of nitriles is 1. The standard InChI is InChI=1S/C18H13ClFN5OS2/c1-10(16(26)22-12-7-6-11(9-21)13(19)8-12)27-18-25-24-17(28-18)23-15-5-3-2-4-14(15)20/h2-8,10H,1H3,(H,22,26)(H,23,24). The van der Waals surface area contributed by atoms with Crippen molar-refractivity contribution in [3.8, 4) is 6.07 Å². The van der Waals surface area contributed by atoms with E-state index in [4.69, 9.17) is 16.9 Å². The molecule has 0 saturated carbocycles. The van der Waals surface area contributed by atoms with Crippen LogP contribution in [0.15, 0.2) is 46.8 Å². The van der Waals surface area contributed by atoms with E-state index in [9.17, 15) is 9.18 Å². The molecular formula is C18H13ClFN5OS2. The molecule has 0 spiro atoms. The number of hydrogen-bond acceptors (Lipinski definition) is 7. The lowest BCUT2D eigenvalue weighted by molar-refractivity contribution is -0.115. The maximum absolute atomic E-state index is 13.7. The molecule has 0 saturated heterocycles. The molecule has 142 valence electrons. The predicted molar refractivity (Wildman–Crippen MR) is 110 cm³/mol. The number of para-hydroxylation sites is 1. The lowest BCUT2D eigenvalue weighted by Gasteiger charge is -2.10. The third-order valence-corrected chi connectivity index (χ3v) is 5.86. The fraction of sp³-hybridized carbons (Fsp3) is 0.111. The third-order valence-electron chi connectivity index (χ3n) is 3.53. The topological polar surface area (TPSA) is 90.7 Å². The number of carbonyl (C=O) groups is 1. The van der Waals surface area contributed by atoms with Crippen LogP contribution in [0.5, 0.6) is 0 Å². The van der Waals surface area contributed by atoms with Crippen molar-refractivity contribution in [3.63, 3.8) is 0 Å². The van der Waals surface area contributed by atoms with E-state index in [-0.39, 0.29) is 16.7 Å². The van der Waals surface area contributed by atoms with Gasteiger partial charge in [0.2, 0.25) is 11.0 Å². The molecule has 1 atom stereocenters. The van der Waals surface area contributed by atoms with Gasteiger partial charge in [-0.05, 0) is 37.3 Å². The smallest absolute Gasteiger partial charge is 0.237 e. The van der Waals surface area contributed by atoms with Gasteiger partial charge in [-0.3, -0.25) is 4.79 Å². The van der Waals surface area contributed by atoms with Gasteiger partial charge in [-0.15, -0.1) is 10.2 Å². The molecule has 6 nitrogen and oxygen atoms in total. The van der Waals surface area contributed by atoms with Gasteiger partial charge in [0.1, 0.15) is 11.9 Å². The van der Waals surface area contributed by atoms with Crippen LogP contribution in [-0.2, 0) is 4.79 Å². The number of thioether (sulfide) groups is 1. The van der Waals surface area contributed by atoms with Gasteiger partial charge in [0, 0.05) is 5.69 Å². The molecule has 0 radical (unpaired) electrons. The number of nitrogens with one attached hydrogen (secondary N) is 2. The van der Waals surface area contributed by atoms with Gasteiger partial charge in [0.05, 0.1) is 21.5 Å². The maximum Gasteiger partial charge on any atom is 0.237 e. The van der Waals surface area contributed by atoms with E-state index in [1.54, 1.807) is 37.3 Å². The molecule has 0 aliphatic carbocycles. The Morgan fingerprint density at radius 1 is 1.32 bits per heavy atom. The van der Waals surface area contributed by atoms with Crippen LogP contribution in [0.1, 0.15) is 12.5 Å². The number of amides is 1. The van der Waals surface area contributed by atoms with Crippen molar-refractivity contribution in [2.75, 3.05) is 10.6 Å². The molecule has 10 heteroatoms. The number of benzene rings is 2. The zero-order valence-electron chi connectivity index (χ0n) is 14.4. The van der Waals surface area contributed by atoms with Crippen LogP contribution in [-0.4, -0.2) is 21.4 Å². The van der Waals surface area contributed by atoms with E-state index in [1.807, 2.05) is 6.07 Å². The van der Waals surface area contributed by atoms with Gasteiger partial charge in [-0.2, -0.15) is 5.26 Å². The number of halogens is 2. The summed E-state index contributed by atoms with van der Waals surface area (Å²) in [4.78, 5) is 12.4. The highest BCUT2D eigenvalue weighted by Crippen LogP contribution is 2.31. The summed E-state index contributed by atoms with van der Waals surface area (Å²) >= 11 is 8.43. The Labute approximate surface area is 173 Å². The minimum Gasteiger partial charge on any atom is -0.328 e. The van der Waals surface area contributed by atoms with E-state index in [0.29, 0.717) is 26.4 Å². The van der Waals surface area contributed by atoms with Crippen molar-refractivity contribution < 1.29 is 9.18 Å². The molecule has 0 bridgehead atoms. The van der Waals surface area contributed by atoms with E-state index < -0.39 is 5.25 Å². The number of rotatable bonds is 6. The number of anilines is 3. The number of carbonyl (C=O) groups excluding carboxylic acids is 1. The quantitative estimate of drug-likeness (QED) is 0.527. The van der Waals surface area contributed by atoms with Gasteiger partial charge in [0.25, 0.3) is 0 Å². The van der Waals surface area contributed by atoms with Crippen LogP contribution >= 0.6 is 34.7 Å². The van der Waals surface area contributed by atoms with Crippen molar-refractivity contribution in [2.24, 2.45) is 0 Å². The summed E-state index contributed by atoms with van der Waals surface area (Å²) in [6, 6.07) is 12.9. The van der Waals surface area contributed by atoms with E-state index in [0.717, 1.165) is 0 Å². The van der Waals surface area contributed by atoms with Crippen LogP contribution < -0.4 is 10.6 Å². The fourth-order valence-corrected chi connectivity index (χ4v) is 4.25. The molecule has 1 amide bonds. The van der Waals surface area contributed by atoms with Crippen molar-refractivity contribution in [3.05, 3.63) is 58.9 Å². The molecule has 0 aliphatic heterocycles. The van der Waals surface area contributed by atoms with Gasteiger partial charge in [-0.25, -0.2) is 4.39 Å². The first-order chi connectivity index (χ1) is 13.5. The summed E-state index contributed by atoms with van der Waals surface area (Å²) in [5, 5.41) is 22.7. The highest BCUT2D eigenvalue weighted by atomic mass is 35.5. The lowest BCUT2D eigenvalue weighted by Crippen LogP contribution is -2.22. The maximum atomic E-state index is 13.7. The second kappa shape index (κ2) is 9.01. The summed E-state index contributed by atoms with van der Waals surface area (Å²) in [5.74, 6) is -0.634.